The van der Waals surface area contributed by atoms with Crippen molar-refractivity contribution in [2.45, 2.75) is 12.7 Å². The number of oxazole rings is 1. The van der Waals surface area contributed by atoms with Crippen LogP contribution in [0.15, 0.2) is 28.7 Å². The number of carbonyl (C=O) groups excluding carboxylic acids is 1. The zero-order chi connectivity index (χ0) is 14.5. The maximum absolute atomic E-state index is 10.7. The van der Waals surface area contributed by atoms with E-state index in [2.05, 4.69) is 4.98 Å². The highest BCUT2D eigenvalue weighted by Gasteiger charge is 2.11. The van der Waals surface area contributed by atoms with Crippen molar-refractivity contribution in [2.24, 2.45) is 5.73 Å². The number of aromatic nitrogens is 1. The van der Waals surface area contributed by atoms with Crippen LogP contribution in [0.5, 0.6) is 5.75 Å². The summed E-state index contributed by atoms with van der Waals surface area (Å²) in [4.78, 5) is 15.2. The number of nitrogens with two attached hydrogens (primary N) is 1. The number of carbonyl (C=O) groups is 1. The minimum atomic E-state index is -0.327. The number of aryl methyl sites for hydroxylation is 1. The van der Waals surface area contributed by atoms with Crippen molar-refractivity contribution in [3.63, 3.8) is 0 Å². The fraction of sp³-hybridized carbons (Fsp3) is 0.286. The molecule has 2 aromatic rings. The zero-order valence-electron chi connectivity index (χ0n) is 11.4. The quantitative estimate of drug-likeness (QED) is 0.884. The van der Waals surface area contributed by atoms with Gasteiger partial charge in [0.15, 0.2) is 0 Å². The molecule has 2 N–H and O–H groups in total. The minimum absolute atomic E-state index is 0.282. The molecule has 0 unspecified atom stereocenters. The number of methoxy groups -OCH3 is 1. The molecule has 0 fully saturated rings. The smallest absolute Gasteiger partial charge is 0.227 e. The van der Waals surface area contributed by atoms with Crippen LogP contribution in [0.1, 0.15) is 11.5 Å². The van der Waals surface area contributed by atoms with Gasteiger partial charge in [-0.1, -0.05) is 0 Å². The zero-order valence-corrected chi connectivity index (χ0v) is 12.2. The van der Waals surface area contributed by atoms with E-state index in [1.165, 1.54) is 11.8 Å². The summed E-state index contributed by atoms with van der Waals surface area (Å²) in [6, 6.07) is 7.50. The fourth-order valence-electron chi connectivity index (χ4n) is 1.67. The first-order chi connectivity index (χ1) is 9.60. The van der Waals surface area contributed by atoms with Crippen LogP contribution in [0.3, 0.4) is 0 Å². The standard InChI is InChI=1S/C14H16N2O3S/c1-9-12(7-20-8-13(15)17)16-14(19-9)10-3-5-11(18-2)6-4-10/h3-6H,7-8H2,1-2H3,(H2,15,17). The molecule has 0 spiro atoms. The lowest BCUT2D eigenvalue weighted by Gasteiger charge is -1.99. The Morgan fingerprint density at radius 1 is 1.40 bits per heavy atom. The van der Waals surface area contributed by atoms with E-state index in [4.69, 9.17) is 14.9 Å². The highest BCUT2D eigenvalue weighted by molar-refractivity contribution is 7.99. The number of amides is 1. The largest absolute Gasteiger partial charge is 0.497 e. The van der Waals surface area contributed by atoms with E-state index in [9.17, 15) is 4.79 Å². The average molecular weight is 292 g/mol. The van der Waals surface area contributed by atoms with Gasteiger partial charge in [-0.15, -0.1) is 11.8 Å². The molecule has 2 rings (SSSR count). The van der Waals surface area contributed by atoms with Gasteiger partial charge in [-0.2, -0.15) is 0 Å². The SMILES string of the molecule is COc1ccc(-c2nc(CSCC(N)=O)c(C)o2)cc1. The molecule has 1 heterocycles. The number of rotatable bonds is 6. The predicted molar refractivity (Wildman–Crippen MR) is 78.6 cm³/mol. The number of primary amides is 1. The van der Waals surface area contributed by atoms with Gasteiger partial charge in [0.2, 0.25) is 11.8 Å². The van der Waals surface area contributed by atoms with Gasteiger partial charge in [0, 0.05) is 11.3 Å². The maximum atomic E-state index is 10.7. The maximum Gasteiger partial charge on any atom is 0.227 e. The van der Waals surface area contributed by atoms with Crippen LogP contribution in [-0.2, 0) is 10.5 Å². The predicted octanol–water partition coefficient (Wildman–Crippen LogP) is 2.38. The summed E-state index contributed by atoms with van der Waals surface area (Å²) in [5.41, 5.74) is 6.83. The summed E-state index contributed by atoms with van der Waals surface area (Å²) in [5, 5.41) is 0. The molecule has 0 atom stereocenters. The van der Waals surface area contributed by atoms with E-state index in [0.29, 0.717) is 11.6 Å². The van der Waals surface area contributed by atoms with Crippen molar-refractivity contribution < 1.29 is 13.9 Å². The van der Waals surface area contributed by atoms with Gasteiger partial charge in [0.1, 0.15) is 11.5 Å². The normalized spacial score (nSPS) is 10.5. The van der Waals surface area contributed by atoms with Crippen molar-refractivity contribution in [3.05, 3.63) is 35.7 Å². The summed E-state index contributed by atoms with van der Waals surface area (Å²) < 4.78 is 10.8. The third kappa shape index (κ3) is 3.54. The van der Waals surface area contributed by atoms with E-state index in [0.717, 1.165) is 22.8 Å². The molecule has 5 nitrogen and oxygen atoms in total. The van der Waals surface area contributed by atoms with E-state index >= 15 is 0 Å². The third-order valence-corrected chi connectivity index (χ3v) is 3.68. The minimum Gasteiger partial charge on any atom is -0.497 e. The third-order valence-electron chi connectivity index (χ3n) is 2.71. The number of hydrogen-bond acceptors (Lipinski definition) is 5. The Labute approximate surface area is 121 Å². The van der Waals surface area contributed by atoms with Gasteiger partial charge in [-0.05, 0) is 31.2 Å². The molecule has 0 bridgehead atoms. The number of benzene rings is 1. The monoisotopic (exact) mass is 292 g/mol. The van der Waals surface area contributed by atoms with E-state index in [-0.39, 0.29) is 11.7 Å². The molecular formula is C14H16N2O3S. The van der Waals surface area contributed by atoms with Gasteiger partial charge in [-0.3, -0.25) is 4.79 Å². The molecule has 0 aliphatic heterocycles. The number of thioether (sulfide) groups is 1. The Hall–Kier alpha value is -1.95. The molecular weight excluding hydrogens is 276 g/mol. The summed E-state index contributed by atoms with van der Waals surface area (Å²) in [5.74, 6) is 2.67. The highest BCUT2D eigenvalue weighted by Crippen LogP contribution is 2.25. The fourth-order valence-corrected chi connectivity index (χ4v) is 2.43. The second-order valence-corrected chi connectivity index (χ2v) is 5.20. The number of nitrogens with zero attached hydrogens (tertiary/aromatic N) is 1. The number of hydrogen-bond donors (Lipinski definition) is 1. The Balaban J connectivity index is 2.11. The molecule has 20 heavy (non-hydrogen) atoms. The van der Waals surface area contributed by atoms with Crippen LogP contribution in [-0.4, -0.2) is 23.8 Å². The molecule has 1 aromatic carbocycles. The molecule has 0 aliphatic rings. The lowest BCUT2D eigenvalue weighted by Crippen LogP contribution is -2.13. The topological polar surface area (TPSA) is 78.4 Å². The van der Waals surface area contributed by atoms with E-state index in [1.807, 2.05) is 31.2 Å². The van der Waals surface area contributed by atoms with Crippen LogP contribution >= 0.6 is 11.8 Å². The van der Waals surface area contributed by atoms with Crippen molar-refractivity contribution in [1.82, 2.24) is 4.98 Å². The van der Waals surface area contributed by atoms with E-state index < -0.39 is 0 Å². The lowest BCUT2D eigenvalue weighted by molar-refractivity contribution is -0.115. The number of ether oxygens (including phenoxy) is 1. The second-order valence-electron chi connectivity index (χ2n) is 4.21. The van der Waals surface area contributed by atoms with Gasteiger partial charge >= 0.3 is 0 Å². The Morgan fingerprint density at radius 2 is 2.10 bits per heavy atom. The van der Waals surface area contributed by atoms with Crippen LogP contribution in [0, 0.1) is 6.92 Å². The van der Waals surface area contributed by atoms with Crippen molar-refractivity contribution >= 4 is 17.7 Å². The summed E-state index contributed by atoms with van der Waals surface area (Å²) >= 11 is 1.43. The molecule has 0 saturated heterocycles. The molecule has 1 aromatic heterocycles. The molecule has 106 valence electrons. The molecule has 6 heteroatoms. The highest BCUT2D eigenvalue weighted by atomic mass is 32.2. The van der Waals surface area contributed by atoms with Crippen LogP contribution in [0.25, 0.3) is 11.5 Å². The Kier molecular flexibility index (Phi) is 4.68. The first-order valence-electron chi connectivity index (χ1n) is 6.07. The van der Waals surface area contributed by atoms with Gasteiger partial charge in [-0.25, -0.2) is 4.98 Å². The van der Waals surface area contributed by atoms with Crippen molar-refractivity contribution in [3.8, 4) is 17.2 Å². The summed E-state index contributed by atoms with van der Waals surface area (Å²) in [7, 11) is 1.62. The molecule has 0 aliphatic carbocycles. The van der Waals surface area contributed by atoms with Crippen LogP contribution < -0.4 is 10.5 Å². The summed E-state index contributed by atoms with van der Waals surface area (Å²) in [6.45, 7) is 1.86. The van der Waals surface area contributed by atoms with Crippen LogP contribution in [0.2, 0.25) is 0 Å². The molecule has 0 saturated carbocycles. The molecule has 0 radical (unpaired) electrons. The lowest BCUT2D eigenvalue weighted by atomic mass is 10.2. The van der Waals surface area contributed by atoms with Crippen LogP contribution in [0.4, 0.5) is 0 Å². The van der Waals surface area contributed by atoms with Crippen molar-refractivity contribution in [2.75, 3.05) is 12.9 Å². The van der Waals surface area contributed by atoms with E-state index in [1.54, 1.807) is 7.11 Å². The second kappa shape index (κ2) is 6.47. The molecule has 1 amide bonds. The summed E-state index contributed by atoms with van der Waals surface area (Å²) in [6.07, 6.45) is 0. The first-order valence-corrected chi connectivity index (χ1v) is 7.22. The average Bonchev–Trinajstić information content (AvgIpc) is 2.80. The van der Waals surface area contributed by atoms with Gasteiger partial charge in [0.25, 0.3) is 0 Å². The Bertz CT molecular complexity index is 593. The Morgan fingerprint density at radius 3 is 2.70 bits per heavy atom. The first kappa shape index (κ1) is 14.5. The van der Waals surface area contributed by atoms with Gasteiger partial charge in [0.05, 0.1) is 18.6 Å². The van der Waals surface area contributed by atoms with Gasteiger partial charge < -0.3 is 14.9 Å². The van der Waals surface area contributed by atoms with Crippen molar-refractivity contribution in [1.29, 1.82) is 0 Å².